The van der Waals surface area contributed by atoms with E-state index < -0.39 is 0 Å². The number of nitrogens with one attached hydrogen (secondary N) is 1. The highest BCUT2D eigenvalue weighted by Gasteiger charge is 2.21. The molecule has 1 fully saturated rings. The molecule has 1 aromatic heterocycles. The maximum atomic E-state index is 9.96. The fraction of sp³-hybridized carbons (Fsp3) is 0.400. The smallest absolute Gasteiger partial charge is 0.0958 e. The molecule has 1 saturated carbocycles. The van der Waals surface area contributed by atoms with Gasteiger partial charge < -0.3 is 10.4 Å². The number of aliphatic hydroxyl groups excluding tert-OH is 1. The van der Waals surface area contributed by atoms with Crippen LogP contribution in [-0.4, -0.2) is 28.8 Å². The molecule has 3 nitrogen and oxygen atoms in total. The Bertz CT molecular complexity index is 522. The third-order valence-corrected chi connectivity index (χ3v) is 4.12. The number of aromatic nitrogens is 1. The van der Waals surface area contributed by atoms with Crippen molar-refractivity contribution in [3.05, 3.63) is 40.7 Å². The minimum Gasteiger partial charge on any atom is -0.391 e. The molecule has 1 heterocycles. The number of thiazole rings is 1. The zero-order valence-electron chi connectivity index (χ0n) is 10.7. The van der Waals surface area contributed by atoms with E-state index in [0.717, 1.165) is 16.3 Å². The van der Waals surface area contributed by atoms with E-state index in [9.17, 15) is 5.11 Å². The summed E-state index contributed by atoms with van der Waals surface area (Å²) in [5.41, 5.74) is 2.14. The molecular formula is C15H18N2OS. The standard InChI is InChI=1S/C15H18N2OS/c18-13(9-16-12-6-7-12)8-15-17-14(10-19-15)11-4-2-1-3-5-11/h1-5,10,12-13,16,18H,6-9H2. The fourth-order valence-corrected chi connectivity index (χ4v) is 2.89. The molecule has 100 valence electrons. The van der Waals surface area contributed by atoms with Crippen LogP contribution in [0.4, 0.5) is 0 Å². The van der Waals surface area contributed by atoms with Crippen molar-refractivity contribution in [2.75, 3.05) is 6.54 Å². The van der Waals surface area contributed by atoms with Gasteiger partial charge in [-0.1, -0.05) is 30.3 Å². The van der Waals surface area contributed by atoms with E-state index in [1.807, 2.05) is 18.2 Å². The molecule has 2 N–H and O–H groups in total. The van der Waals surface area contributed by atoms with Crippen molar-refractivity contribution in [2.24, 2.45) is 0 Å². The number of aliphatic hydroxyl groups is 1. The molecule has 1 aliphatic carbocycles. The molecule has 1 unspecified atom stereocenters. The first kappa shape index (κ1) is 12.8. The van der Waals surface area contributed by atoms with Crippen LogP contribution in [0.25, 0.3) is 11.3 Å². The lowest BCUT2D eigenvalue weighted by Gasteiger charge is -2.09. The van der Waals surface area contributed by atoms with E-state index in [1.165, 1.54) is 12.8 Å². The predicted molar refractivity (Wildman–Crippen MR) is 78.3 cm³/mol. The van der Waals surface area contributed by atoms with Gasteiger partial charge in [-0.3, -0.25) is 0 Å². The molecule has 2 aromatic rings. The van der Waals surface area contributed by atoms with Crippen molar-refractivity contribution < 1.29 is 5.11 Å². The van der Waals surface area contributed by atoms with Crippen molar-refractivity contribution in [1.29, 1.82) is 0 Å². The topological polar surface area (TPSA) is 45.1 Å². The molecule has 1 aromatic carbocycles. The van der Waals surface area contributed by atoms with Crippen LogP contribution in [0.2, 0.25) is 0 Å². The molecule has 0 radical (unpaired) electrons. The lowest BCUT2D eigenvalue weighted by atomic mass is 10.2. The molecule has 0 aliphatic heterocycles. The van der Waals surface area contributed by atoms with Crippen molar-refractivity contribution >= 4 is 11.3 Å². The molecule has 1 atom stereocenters. The normalized spacial score (nSPS) is 16.5. The maximum absolute atomic E-state index is 9.96. The van der Waals surface area contributed by atoms with Gasteiger partial charge in [0.05, 0.1) is 16.8 Å². The van der Waals surface area contributed by atoms with Gasteiger partial charge in [0.15, 0.2) is 0 Å². The first-order valence-corrected chi connectivity index (χ1v) is 7.60. The van der Waals surface area contributed by atoms with Crippen molar-refractivity contribution in [3.63, 3.8) is 0 Å². The number of nitrogens with zero attached hydrogens (tertiary/aromatic N) is 1. The average molecular weight is 274 g/mol. The van der Waals surface area contributed by atoms with E-state index in [2.05, 4.69) is 27.8 Å². The Hall–Kier alpha value is -1.23. The van der Waals surface area contributed by atoms with Crippen LogP contribution in [0.1, 0.15) is 17.8 Å². The summed E-state index contributed by atoms with van der Waals surface area (Å²) in [5, 5.41) is 16.4. The Morgan fingerprint density at radius 3 is 2.84 bits per heavy atom. The molecule has 0 amide bonds. The second-order valence-corrected chi connectivity index (χ2v) is 5.98. The van der Waals surface area contributed by atoms with E-state index in [1.54, 1.807) is 11.3 Å². The van der Waals surface area contributed by atoms with E-state index >= 15 is 0 Å². The summed E-state index contributed by atoms with van der Waals surface area (Å²) in [7, 11) is 0. The Morgan fingerprint density at radius 1 is 1.32 bits per heavy atom. The molecule has 0 spiro atoms. The minimum atomic E-state index is -0.338. The van der Waals surface area contributed by atoms with Gasteiger partial charge in [0.1, 0.15) is 0 Å². The van der Waals surface area contributed by atoms with Gasteiger partial charge in [0, 0.05) is 30.0 Å². The highest BCUT2D eigenvalue weighted by molar-refractivity contribution is 7.09. The van der Waals surface area contributed by atoms with Gasteiger partial charge >= 0.3 is 0 Å². The Labute approximate surface area is 117 Å². The van der Waals surface area contributed by atoms with E-state index in [0.29, 0.717) is 19.0 Å². The SMILES string of the molecule is OC(CNC1CC1)Cc1nc(-c2ccccc2)cs1. The molecule has 4 heteroatoms. The van der Waals surface area contributed by atoms with Crippen LogP contribution in [0.15, 0.2) is 35.7 Å². The van der Waals surface area contributed by atoms with Gasteiger partial charge in [-0.25, -0.2) is 4.98 Å². The second-order valence-electron chi connectivity index (χ2n) is 5.03. The quantitative estimate of drug-likeness (QED) is 0.850. The summed E-state index contributed by atoms with van der Waals surface area (Å²) < 4.78 is 0. The van der Waals surface area contributed by atoms with Crippen LogP contribution in [0.3, 0.4) is 0 Å². The monoisotopic (exact) mass is 274 g/mol. The number of hydrogen-bond acceptors (Lipinski definition) is 4. The highest BCUT2D eigenvalue weighted by Crippen LogP contribution is 2.22. The Balaban J connectivity index is 1.58. The molecule has 19 heavy (non-hydrogen) atoms. The largest absolute Gasteiger partial charge is 0.391 e. The minimum absolute atomic E-state index is 0.338. The summed E-state index contributed by atoms with van der Waals surface area (Å²) >= 11 is 1.62. The average Bonchev–Trinajstić information content (AvgIpc) is 3.16. The van der Waals surface area contributed by atoms with Crippen LogP contribution in [-0.2, 0) is 6.42 Å². The predicted octanol–water partition coefficient (Wildman–Crippen LogP) is 2.47. The summed E-state index contributed by atoms with van der Waals surface area (Å²) in [4.78, 5) is 4.59. The third kappa shape index (κ3) is 3.62. The summed E-state index contributed by atoms with van der Waals surface area (Å²) in [5.74, 6) is 0. The second kappa shape index (κ2) is 5.82. The van der Waals surface area contributed by atoms with E-state index in [4.69, 9.17) is 0 Å². The Morgan fingerprint density at radius 2 is 2.11 bits per heavy atom. The zero-order chi connectivity index (χ0) is 13.1. The van der Waals surface area contributed by atoms with Gasteiger partial charge in [0.25, 0.3) is 0 Å². The molecule has 3 rings (SSSR count). The number of rotatable bonds is 6. The number of benzene rings is 1. The highest BCUT2D eigenvalue weighted by atomic mass is 32.1. The molecule has 0 saturated heterocycles. The first-order chi connectivity index (χ1) is 9.31. The van der Waals surface area contributed by atoms with Crippen LogP contribution in [0, 0.1) is 0 Å². The third-order valence-electron chi connectivity index (χ3n) is 3.25. The van der Waals surface area contributed by atoms with Crippen LogP contribution >= 0.6 is 11.3 Å². The Kier molecular flexibility index (Phi) is 3.92. The van der Waals surface area contributed by atoms with Crippen molar-refractivity contribution in [1.82, 2.24) is 10.3 Å². The molecule has 1 aliphatic rings. The fourth-order valence-electron chi connectivity index (χ4n) is 2.01. The number of hydrogen-bond donors (Lipinski definition) is 2. The lowest BCUT2D eigenvalue weighted by molar-refractivity contribution is 0.171. The van der Waals surface area contributed by atoms with Crippen LogP contribution in [0.5, 0.6) is 0 Å². The zero-order valence-corrected chi connectivity index (χ0v) is 11.6. The van der Waals surface area contributed by atoms with Gasteiger partial charge in [0.2, 0.25) is 0 Å². The van der Waals surface area contributed by atoms with Crippen molar-refractivity contribution in [3.8, 4) is 11.3 Å². The maximum Gasteiger partial charge on any atom is 0.0958 e. The van der Waals surface area contributed by atoms with Gasteiger partial charge in [-0.05, 0) is 12.8 Å². The van der Waals surface area contributed by atoms with Gasteiger partial charge in [-0.2, -0.15) is 0 Å². The lowest BCUT2D eigenvalue weighted by Crippen LogP contribution is -2.29. The summed E-state index contributed by atoms with van der Waals surface area (Å²) in [6, 6.07) is 10.8. The van der Waals surface area contributed by atoms with Gasteiger partial charge in [-0.15, -0.1) is 11.3 Å². The van der Waals surface area contributed by atoms with E-state index in [-0.39, 0.29) is 6.10 Å². The first-order valence-electron chi connectivity index (χ1n) is 6.72. The van der Waals surface area contributed by atoms with Crippen molar-refractivity contribution in [2.45, 2.75) is 31.4 Å². The molecular weight excluding hydrogens is 256 g/mol. The summed E-state index contributed by atoms with van der Waals surface area (Å²) in [6.45, 7) is 0.672. The molecule has 0 bridgehead atoms. The van der Waals surface area contributed by atoms with Crippen LogP contribution < -0.4 is 5.32 Å². The summed E-state index contributed by atoms with van der Waals surface area (Å²) in [6.07, 6.45) is 2.80.